The maximum Gasteiger partial charge on any atom is 0.305 e. The summed E-state index contributed by atoms with van der Waals surface area (Å²) in [5.41, 5.74) is 13.8. The van der Waals surface area contributed by atoms with E-state index < -0.39 is 0 Å². The highest BCUT2D eigenvalue weighted by atomic mass is 16.5. The number of aromatic nitrogens is 4. The topological polar surface area (TPSA) is 130 Å². The first kappa shape index (κ1) is 30.7. The molecule has 0 amide bonds. The summed E-state index contributed by atoms with van der Waals surface area (Å²) in [5.74, 6) is -0.602. The van der Waals surface area contributed by atoms with Crippen LogP contribution in [0.3, 0.4) is 0 Å². The Balaban J connectivity index is 1.89. The molecule has 0 unspecified atom stereocenters. The minimum atomic E-state index is -0.305. The molecule has 9 nitrogen and oxygen atoms in total. The zero-order valence-electron chi connectivity index (χ0n) is 26.1. The van der Waals surface area contributed by atoms with Gasteiger partial charge in [-0.3, -0.25) is 9.59 Å². The van der Waals surface area contributed by atoms with Crippen LogP contribution in [0.1, 0.15) is 84.6 Å². The summed E-state index contributed by atoms with van der Waals surface area (Å²) in [6, 6.07) is 7.93. The van der Waals surface area contributed by atoms with E-state index in [1.54, 1.807) is 0 Å². The number of allylic oxidation sites excluding steroid dienone is 4. The van der Waals surface area contributed by atoms with Crippen LogP contribution in [-0.2, 0) is 25.7 Å². The number of aryl methyl sites for hydroxylation is 2. The summed E-state index contributed by atoms with van der Waals surface area (Å²) in [5, 5.41) is 10.4. The summed E-state index contributed by atoms with van der Waals surface area (Å²) in [4.78, 5) is 41.4. The lowest BCUT2D eigenvalue weighted by Gasteiger charge is -2.06. The van der Waals surface area contributed by atoms with Gasteiger partial charge in [0.2, 0.25) is 0 Å². The molecule has 44 heavy (non-hydrogen) atoms. The van der Waals surface area contributed by atoms with Gasteiger partial charge in [0, 0.05) is 46.0 Å². The van der Waals surface area contributed by atoms with Gasteiger partial charge in [0.15, 0.2) is 0 Å². The molecule has 228 valence electrons. The van der Waals surface area contributed by atoms with Crippen molar-refractivity contribution >= 4 is 62.4 Å². The molecule has 3 aromatic heterocycles. The number of carbonyl (C=O) groups is 2. The fourth-order valence-corrected chi connectivity index (χ4v) is 5.94. The predicted molar refractivity (Wildman–Crippen MR) is 174 cm³/mol. The zero-order valence-corrected chi connectivity index (χ0v) is 26.1. The van der Waals surface area contributed by atoms with Crippen LogP contribution in [0, 0.1) is 13.8 Å². The Labute approximate surface area is 256 Å². The second kappa shape index (κ2) is 12.5. The fraction of sp³-hybridized carbons (Fsp3) is 0.314. The number of fused-ring (bicyclic) bond motifs is 8. The van der Waals surface area contributed by atoms with Crippen molar-refractivity contribution in [3.05, 3.63) is 75.9 Å². The molecule has 3 N–H and O–H groups in total. The predicted octanol–water partition coefficient (Wildman–Crippen LogP) is 6.83. The molecule has 5 rings (SSSR count). The lowest BCUT2D eigenvalue weighted by Crippen LogP contribution is -2.01. The van der Waals surface area contributed by atoms with E-state index >= 15 is 0 Å². The maximum absolute atomic E-state index is 12.1. The maximum atomic E-state index is 12.1. The third-order valence-corrected chi connectivity index (χ3v) is 8.69. The van der Waals surface area contributed by atoms with Gasteiger partial charge in [0.1, 0.15) is 0 Å². The van der Waals surface area contributed by atoms with Crippen molar-refractivity contribution in [2.24, 2.45) is 0 Å². The first-order valence-corrected chi connectivity index (χ1v) is 14.6. The van der Waals surface area contributed by atoms with Gasteiger partial charge in [-0.1, -0.05) is 12.7 Å². The van der Waals surface area contributed by atoms with Gasteiger partial charge >= 0.3 is 11.9 Å². The number of aliphatic hydroxyl groups excluding tert-OH is 1. The molecule has 0 spiro atoms. The van der Waals surface area contributed by atoms with E-state index in [2.05, 4.69) is 16.5 Å². The van der Waals surface area contributed by atoms with Gasteiger partial charge in [0.25, 0.3) is 0 Å². The van der Waals surface area contributed by atoms with Gasteiger partial charge in [0.05, 0.1) is 43.6 Å². The lowest BCUT2D eigenvalue weighted by atomic mass is 9.98. The third kappa shape index (κ3) is 5.63. The van der Waals surface area contributed by atoms with Gasteiger partial charge < -0.3 is 24.5 Å². The molecule has 0 saturated carbocycles. The largest absolute Gasteiger partial charge is 0.469 e. The Morgan fingerprint density at radius 2 is 1.25 bits per heavy atom. The Morgan fingerprint density at radius 3 is 1.75 bits per heavy atom. The number of aromatic amines is 2. The van der Waals surface area contributed by atoms with Crippen molar-refractivity contribution in [3.63, 3.8) is 0 Å². The molecule has 0 aromatic carbocycles. The van der Waals surface area contributed by atoms with Crippen LogP contribution in [0.5, 0.6) is 0 Å². The van der Waals surface area contributed by atoms with Crippen molar-refractivity contribution in [1.29, 1.82) is 0 Å². The van der Waals surface area contributed by atoms with Crippen LogP contribution in [0.15, 0.2) is 30.8 Å². The smallest absolute Gasteiger partial charge is 0.305 e. The van der Waals surface area contributed by atoms with Gasteiger partial charge in [-0.15, -0.1) is 0 Å². The lowest BCUT2D eigenvalue weighted by molar-refractivity contribution is -0.141. The average Bonchev–Trinajstić information content (AvgIpc) is 3.67. The quantitative estimate of drug-likeness (QED) is 0.244. The Kier molecular flexibility index (Phi) is 8.69. The van der Waals surface area contributed by atoms with Gasteiger partial charge in [-0.2, -0.15) is 0 Å². The molecule has 8 bridgehead atoms. The molecule has 2 aliphatic heterocycles. The molecule has 0 saturated heterocycles. The number of hydrogen-bond acceptors (Lipinski definition) is 7. The highest BCUT2D eigenvalue weighted by Crippen LogP contribution is 2.38. The second-order valence-electron chi connectivity index (χ2n) is 11.1. The fourth-order valence-electron chi connectivity index (χ4n) is 5.94. The summed E-state index contributed by atoms with van der Waals surface area (Å²) in [7, 11) is 2.76. The summed E-state index contributed by atoms with van der Waals surface area (Å²) in [6.45, 7) is 11.9. The number of aliphatic hydroxyl groups is 1. The van der Waals surface area contributed by atoms with E-state index in [1.807, 2.05) is 58.0 Å². The van der Waals surface area contributed by atoms with Gasteiger partial charge in [-0.25, -0.2) is 9.97 Å². The van der Waals surface area contributed by atoms with Crippen LogP contribution in [0.25, 0.3) is 50.4 Å². The number of nitrogens with zero attached hydrogens (tertiary/aromatic N) is 2. The molecule has 5 heterocycles. The number of methoxy groups -OCH3 is 2. The number of H-pyrrole nitrogens is 2. The first-order chi connectivity index (χ1) is 21.1. The van der Waals surface area contributed by atoms with Gasteiger partial charge in [-0.05, 0) is 98.2 Å². The van der Waals surface area contributed by atoms with Crippen molar-refractivity contribution in [2.75, 3.05) is 14.2 Å². The standard InChI is InChI=1S/C35H38N4O5/c1-8-22-18(2)26-13-27-19(3)23(9-11-34(41)43-6)31(37-27)16-32-24(10-12-35(42)44-7)20(4)28(38-32)15-33-25(17-40)21(5)29(39-33)14-30(22)36-26/h8,13-16,36,39-40H,1,9-12,17H2,2-7H3. The minimum absolute atomic E-state index is 0.143. The molecule has 0 aliphatic carbocycles. The molecule has 9 heteroatoms. The number of carbonyl (C=O) groups excluding carboxylic acids is 2. The molecular weight excluding hydrogens is 556 g/mol. The van der Waals surface area contributed by atoms with Crippen LogP contribution >= 0.6 is 0 Å². The highest BCUT2D eigenvalue weighted by Gasteiger charge is 2.23. The molecular formula is C35H38N4O5. The van der Waals surface area contributed by atoms with Crippen molar-refractivity contribution < 1.29 is 24.2 Å². The zero-order chi connectivity index (χ0) is 31.7. The van der Waals surface area contributed by atoms with E-state index in [1.165, 1.54) is 14.2 Å². The SMILES string of the molecule is C=Cc1c(C)c2cc3nc(cc4nc(cc5[nH]c(cc1[nH]2)c(C)c5CO)C(C)=C4CCC(=O)OC)C(CCC(=O)OC)=C3C. The molecule has 2 aliphatic rings. The normalized spacial score (nSPS) is 13.0. The first-order valence-electron chi connectivity index (χ1n) is 14.6. The number of esters is 2. The van der Waals surface area contributed by atoms with Crippen molar-refractivity contribution in [2.45, 2.75) is 60.0 Å². The van der Waals surface area contributed by atoms with E-state index in [-0.39, 0.29) is 31.4 Å². The molecule has 0 atom stereocenters. The van der Waals surface area contributed by atoms with Crippen LogP contribution in [-0.4, -0.2) is 51.2 Å². The summed E-state index contributed by atoms with van der Waals surface area (Å²) in [6.07, 6.45) is 3.14. The van der Waals surface area contributed by atoms with Crippen molar-refractivity contribution in [3.8, 4) is 0 Å². The average molecular weight is 595 g/mol. The Hall–Kier alpha value is -4.76. The van der Waals surface area contributed by atoms with Crippen LogP contribution in [0.2, 0.25) is 0 Å². The number of nitrogens with one attached hydrogen (secondary N) is 2. The summed E-state index contributed by atoms with van der Waals surface area (Å²) >= 11 is 0. The van der Waals surface area contributed by atoms with E-state index in [0.717, 1.165) is 78.0 Å². The number of hydrogen-bond donors (Lipinski definition) is 3. The Bertz CT molecular complexity index is 1920. The third-order valence-electron chi connectivity index (χ3n) is 8.69. The molecule has 0 radical (unpaired) electrons. The molecule has 3 aromatic rings. The monoisotopic (exact) mass is 594 g/mol. The van der Waals surface area contributed by atoms with Crippen molar-refractivity contribution in [1.82, 2.24) is 19.9 Å². The second-order valence-corrected chi connectivity index (χ2v) is 11.1. The number of ether oxygens (including phenoxy) is 2. The highest BCUT2D eigenvalue weighted by molar-refractivity contribution is 5.96. The minimum Gasteiger partial charge on any atom is -0.469 e. The van der Waals surface area contributed by atoms with E-state index in [0.29, 0.717) is 24.2 Å². The van der Waals surface area contributed by atoms with Crippen LogP contribution < -0.4 is 0 Å². The molecule has 0 fully saturated rings. The van der Waals surface area contributed by atoms with E-state index in [4.69, 9.17) is 19.4 Å². The van der Waals surface area contributed by atoms with Crippen LogP contribution in [0.4, 0.5) is 0 Å². The Morgan fingerprint density at radius 1 is 0.750 bits per heavy atom. The number of rotatable bonds is 8. The van der Waals surface area contributed by atoms with E-state index in [9.17, 15) is 14.7 Å². The summed E-state index contributed by atoms with van der Waals surface area (Å²) < 4.78 is 9.85.